The molecular formula is C53H37NO. The molecule has 1 aliphatic rings. The van der Waals surface area contributed by atoms with Crippen LogP contribution in [0.1, 0.15) is 25.0 Å². The highest BCUT2D eigenvalue weighted by Gasteiger charge is 2.36. The lowest BCUT2D eigenvalue weighted by atomic mass is 9.65. The lowest BCUT2D eigenvalue weighted by Crippen LogP contribution is -2.25. The molecule has 55 heavy (non-hydrogen) atoms. The van der Waals surface area contributed by atoms with Crippen LogP contribution in [0.25, 0.3) is 76.9 Å². The van der Waals surface area contributed by atoms with E-state index in [4.69, 9.17) is 4.42 Å². The van der Waals surface area contributed by atoms with Crippen molar-refractivity contribution in [1.29, 1.82) is 0 Å². The minimum absolute atomic E-state index is 0.208. The second-order valence-electron chi connectivity index (χ2n) is 15.3. The molecule has 10 aromatic rings. The first kappa shape index (κ1) is 31.6. The molecule has 0 amide bonds. The van der Waals surface area contributed by atoms with Crippen LogP contribution in [-0.2, 0) is 5.41 Å². The summed E-state index contributed by atoms with van der Waals surface area (Å²) in [6, 6.07) is 68.3. The van der Waals surface area contributed by atoms with Gasteiger partial charge in [0.2, 0.25) is 0 Å². The predicted molar refractivity (Wildman–Crippen MR) is 232 cm³/mol. The molecule has 1 heterocycles. The van der Waals surface area contributed by atoms with E-state index in [-0.39, 0.29) is 5.41 Å². The van der Waals surface area contributed by atoms with E-state index in [1.807, 2.05) is 12.1 Å². The van der Waals surface area contributed by atoms with E-state index in [0.29, 0.717) is 0 Å². The fourth-order valence-corrected chi connectivity index (χ4v) is 9.29. The molecule has 0 unspecified atom stereocenters. The normalized spacial score (nSPS) is 13.1. The average Bonchev–Trinajstić information content (AvgIpc) is 3.62. The van der Waals surface area contributed by atoms with Crippen LogP contribution in [0.15, 0.2) is 192 Å². The van der Waals surface area contributed by atoms with Gasteiger partial charge in [0.15, 0.2) is 5.58 Å². The van der Waals surface area contributed by atoms with Crippen LogP contribution in [0, 0.1) is 0 Å². The largest absolute Gasteiger partial charge is 0.454 e. The Balaban J connectivity index is 1.10. The Bertz CT molecular complexity index is 3110. The number of benzene rings is 9. The van der Waals surface area contributed by atoms with Crippen LogP contribution in [0.5, 0.6) is 0 Å². The number of hydrogen-bond donors (Lipinski definition) is 0. The van der Waals surface area contributed by atoms with Gasteiger partial charge in [-0.25, -0.2) is 0 Å². The molecular weight excluding hydrogens is 667 g/mol. The number of anilines is 3. The Labute approximate surface area is 320 Å². The van der Waals surface area contributed by atoms with E-state index in [2.05, 4.69) is 195 Å². The molecule has 0 fully saturated rings. The van der Waals surface area contributed by atoms with Crippen molar-refractivity contribution in [2.24, 2.45) is 0 Å². The maximum absolute atomic E-state index is 6.56. The summed E-state index contributed by atoms with van der Waals surface area (Å²) in [4.78, 5) is 2.31. The molecule has 2 nitrogen and oxygen atoms in total. The summed E-state index contributed by atoms with van der Waals surface area (Å²) < 4.78 is 6.56. The van der Waals surface area contributed by atoms with Crippen molar-refractivity contribution in [3.05, 3.63) is 199 Å². The molecule has 0 spiro atoms. The standard InChI is InChI=1S/C53H37NO/c1-53(2)46-22-10-15-36-29-32-41(50(49(36)46)45-21-11-19-42(51(45)53)38-26-25-34-13-6-7-14-37(34)33-38)35-27-30-40(31-28-35)54(39-16-4-3-5-17-39)47-23-12-20-44-43-18-8-9-24-48(43)55-52(44)47/h3-33H,1-2H3. The van der Waals surface area contributed by atoms with Gasteiger partial charge in [-0.05, 0) is 109 Å². The third kappa shape index (κ3) is 4.81. The lowest BCUT2D eigenvalue weighted by molar-refractivity contribution is 0.647. The predicted octanol–water partition coefficient (Wildman–Crippen LogP) is 15.0. The fraction of sp³-hybridized carbons (Fsp3) is 0.0566. The molecule has 2 heteroatoms. The van der Waals surface area contributed by atoms with Gasteiger partial charge in [0.1, 0.15) is 5.58 Å². The Morgan fingerprint density at radius 3 is 1.98 bits per heavy atom. The van der Waals surface area contributed by atoms with Gasteiger partial charge in [-0.15, -0.1) is 0 Å². The van der Waals surface area contributed by atoms with Gasteiger partial charge in [-0.2, -0.15) is 0 Å². The van der Waals surface area contributed by atoms with Crippen LogP contribution >= 0.6 is 0 Å². The Hall–Kier alpha value is -6.90. The third-order valence-corrected chi connectivity index (χ3v) is 11.8. The van der Waals surface area contributed by atoms with Crippen LogP contribution in [-0.4, -0.2) is 0 Å². The van der Waals surface area contributed by atoms with Gasteiger partial charge in [0, 0.05) is 27.6 Å². The summed E-state index contributed by atoms with van der Waals surface area (Å²) in [6.45, 7) is 4.80. The van der Waals surface area contributed by atoms with E-state index in [0.717, 1.165) is 39.0 Å². The molecule has 0 saturated carbocycles. The molecule has 1 aromatic heterocycles. The van der Waals surface area contributed by atoms with Gasteiger partial charge in [-0.1, -0.05) is 159 Å². The van der Waals surface area contributed by atoms with Crippen molar-refractivity contribution in [3.8, 4) is 33.4 Å². The molecule has 1 aliphatic carbocycles. The quantitative estimate of drug-likeness (QED) is 0.177. The Morgan fingerprint density at radius 2 is 1.11 bits per heavy atom. The fourth-order valence-electron chi connectivity index (χ4n) is 9.29. The van der Waals surface area contributed by atoms with Gasteiger partial charge < -0.3 is 9.32 Å². The van der Waals surface area contributed by atoms with Crippen molar-refractivity contribution in [2.45, 2.75) is 19.3 Å². The summed E-state index contributed by atoms with van der Waals surface area (Å²) >= 11 is 0. The first-order valence-corrected chi connectivity index (χ1v) is 19.1. The van der Waals surface area contributed by atoms with Gasteiger partial charge in [-0.3, -0.25) is 0 Å². The summed E-state index contributed by atoms with van der Waals surface area (Å²) in [6.07, 6.45) is 0. The summed E-state index contributed by atoms with van der Waals surface area (Å²) in [7, 11) is 0. The van der Waals surface area contributed by atoms with Crippen molar-refractivity contribution in [2.75, 3.05) is 4.90 Å². The summed E-state index contributed by atoms with van der Waals surface area (Å²) in [5.41, 5.74) is 15.1. The van der Waals surface area contributed by atoms with Crippen LogP contribution < -0.4 is 4.90 Å². The topological polar surface area (TPSA) is 16.4 Å². The average molecular weight is 704 g/mol. The maximum Gasteiger partial charge on any atom is 0.159 e. The zero-order valence-electron chi connectivity index (χ0n) is 30.8. The van der Waals surface area contributed by atoms with Crippen LogP contribution in [0.4, 0.5) is 17.1 Å². The zero-order valence-corrected chi connectivity index (χ0v) is 30.8. The number of para-hydroxylation sites is 3. The summed E-state index contributed by atoms with van der Waals surface area (Å²) in [5.74, 6) is 0. The van der Waals surface area contributed by atoms with Gasteiger partial charge in [0.25, 0.3) is 0 Å². The van der Waals surface area contributed by atoms with Gasteiger partial charge in [0.05, 0.1) is 5.69 Å². The number of fused-ring (bicyclic) bond motifs is 6. The lowest BCUT2D eigenvalue weighted by Gasteiger charge is -2.38. The second kappa shape index (κ2) is 12.1. The minimum Gasteiger partial charge on any atom is -0.454 e. The number of nitrogens with zero attached hydrogens (tertiary/aromatic N) is 1. The highest BCUT2D eigenvalue weighted by molar-refractivity contribution is 6.12. The highest BCUT2D eigenvalue weighted by Crippen LogP contribution is 2.54. The van der Waals surface area contributed by atoms with Crippen molar-refractivity contribution < 1.29 is 4.42 Å². The smallest absolute Gasteiger partial charge is 0.159 e. The van der Waals surface area contributed by atoms with Crippen molar-refractivity contribution in [1.82, 2.24) is 0 Å². The van der Waals surface area contributed by atoms with E-state index >= 15 is 0 Å². The molecule has 0 atom stereocenters. The Morgan fingerprint density at radius 1 is 0.455 bits per heavy atom. The minimum atomic E-state index is -0.208. The molecule has 0 N–H and O–H groups in total. The zero-order chi connectivity index (χ0) is 36.7. The first-order chi connectivity index (χ1) is 27.0. The van der Waals surface area contributed by atoms with Crippen LogP contribution in [0.2, 0.25) is 0 Å². The van der Waals surface area contributed by atoms with E-state index in [1.54, 1.807) is 0 Å². The number of hydrogen-bond acceptors (Lipinski definition) is 2. The van der Waals surface area contributed by atoms with E-state index in [9.17, 15) is 0 Å². The number of rotatable bonds is 5. The van der Waals surface area contributed by atoms with Crippen molar-refractivity contribution >= 4 is 60.5 Å². The molecule has 9 aromatic carbocycles. The third-order valence-electron chi connectivity index (χ3n) is 11.8. The summed E-state index contributed by atoms with van der Waals surface area (Å²) in [5, 5.41) is 7.38. The molecule has 0 bridgehead atoms. The van der Waals surface area contributed by atoms with Crippen LogP contribution in [0.3, 0.4) is 0 Å². The Kier molecular flexibility index (Phi) is 6.93. The first-order valence-electron chi connectivity index (χ1n) is 19.1. The number of furan rings is 1. The molecule has 0 saturated heterocycles. The molecule has 0 aliphatic heterocycles. The highest BCUT2D eigenvalue weighted by atomic mass is 16.3. The van der Waals surface area contributed by atoms with Crippen molar-refractivity contribution in [3.63, 3.8) is 0 Å². The van der Waals surface area contributed by atoms with E-state index < -0.39 is 0 Å². The molecule has 0 radical (unpaired) electrons. The molecule has 260 valence electrons. The van der Waals surface area contributed by atoms with Gasteiger partial charge >= 0.3 is 0 Å². The monoisotopic (exact) mass is 703 g/mol. The second-order valence-corrected chi connectivity index (χ2v) is 15.3. The molecule has 11 rings (SSSR count). The van der Waals surface area contributed by atoms with E-state index in [1.165, 1.54) is 66.1 Å². The maximum atomic E-state index is 6.56. The SMILES string of the molecule is CC1(C)c2c(-c3ccc4ccccc4c3)cccc2-c2c(-c3ccc(N(c4ccccc4)c4cccc5c4oc4ccccc45)cc3)ccc3cccc1c23.